The highest BCUT2D eigenvalue weighted by atomic mass is 35.5. The molecule has 1 atom stereocenters. The van der Waals surface area contributed by atoms with E-state index in [1.54, 1.807) is 19.1 Å². The molecule has 10 heteroatoms. The minimum Gasteiger partial charge on any atom is -0.495 e. The molecule has 0 aromatic heterocycles. The monoisotopic (exact) mass is 535 g/mol. The standard InChI is InChI=1S/C26H34ClN3O5S/c1-18-8-7-9-20(14-18)16-29(19(2)26(32)28-22-10-5-6-11-22)25(31)17-30(36(4,33)34)23-15-21(27)12-13-24(23)35-3/h7-9,12-15,19,22H,5-6,10-11,16-17H2,1-4H3,(H,28,32)/t19-/m1/s1. The largest absolute Gasteiger partial charge is 0.495 e. The van der Waals surface area contributed by atoms with Gasteiger partial charge in [0.05, 0.1) is 19.1 Å². The summed E-state index contributed by atoms with van der Waals surface area (Å²) in [6.07, 6.45) is 4.98. The second-order valence-corrected chi connectivity index (χ2v) is 11.6. The zero-order valence-electron chi connectivity index (χ0n) is 21.2. The van der Waals surface area contributed by atoms with Gasteiger partial charge < -0.3 is 15.0 Å². The Labute approximate surface area is 218 Å². The first kappa shape index (κ1) is 27.8. The molecule has 8 nitrogen and oxygen atoms in total. The van der Waals surface area contributed by atoms with Crippen LogP contribution in [0.5, 0.6) is 5.75 Å². The van der Waals surface area contributed by atoms with Gasteiger partial charge in [-0.1, -0.05) is 54.3 Å². The van der Waals surface area contributed by atoms with Gasteiger partial charge >= 0.3 is 0 Å². The fourth-order valence-corrected chi connectivity index (χ4v) is 5.45. The summed E-state index contributed by atoms with van der Waals surface area (Å²) in [6, 6.07) is 11.5. The number of halogens is 1. The van der Waals surface area contributed by atoms with Gasteiger partial charge in [-0.25, -0.2) is 8.42 Å². The number of carbonyl (C=O) groups excluding carboxylic acids is 2. The SMILES string of the molecule is COc1ccc(Cl)cc1N(CC(=O)N(Cc1cccc(C)c1)[C@H](C)C(=O)NC1CCCC1)S(C)(=O)=O. The number of rotatable bonds is 10. The van der Waals surface area contributed by atoms with Crippen LogP contribution in [-0.4, -0.2) is 57.1 Å². The average molecular weight is 536 g/mol. The van der Waals surface area contributed by atoms with Crippen LogP contribution < -0.4 is 14.4 Å². The summed E-state index contributed by atoms with van der Waals surface area (Å²) in [6.45, 7) is 3.26. The number of ether oxygens (including phenoxy) is 1. The number of carbonyl (C=O) groups is 2. The van der Waals surface area contributed by atoms with Crippen LogP contribution in [0.25, 0.3) is 0 Å². The molecule has 1 aliphatic rings. The number of nitrogens with zero attached hydrogens (tertiary/aromatic N) is 2. The molecule has 0 bridgehead atoms. The highest BCUT2D eigenvalue weighted by Crippen LogP contribution is 2.33. The van der Waals surface area contributed by atoms with E-state index in [4.69, 9.17) is 16.3 Å². The second kappa shape index (κ2) is 12.0. The van der Waals surface area contributed by atoms with Gasteiger partial charge in [-0.15, -0.1) is 0 Å². The zero-order valence-corrected chi connectivity index (χ0v) is 22.7. The summed E-state index contributed by atoms with van der Waals surface area (Å²) in [5.41, 5.74) is 2.01. The van der Waals surface area contributed by atoms with Gasteiger partial charge in [-0.05, 0) is 50.5 Å². The molecule has 1 fully saturated rings. The third kappa shape index (κ3) is 7.13. The van der Waals surface area contributed by atoms with Crippen LogP contribution in [0.3, 0.4) is 0 Å². The van der Waals surface area contributed by atoms with Crippen LogP contribution in [0.2, 0.25) is 5.02 Å². The second-order valence-electron chi connectivity index (χ2n) is 9.26. The van der Waals surface area contributed by atoms with E-state index in [1.165, 1.54) is 18.1 Å². The highest BCUT2D eigenvalue weighted by Gasteiger charge is 2.32. The predicted molar refractivity (Wildman–Crippen MR) is 142 cm³/mol. The molecule has 1 N–H and O–H groups in total. The molecule has 1 saturated carbocycles. The zero-order chi connectivity index (χ0) is 26.5. The number of benzene rings is 2. The highest BCUT2D eigenvalue weighted by molar-refractivity contribution is 7.92. The molecule has 0 unspecified atom stereocenters. The lowest BCUT2D eigenvalue weighted by Crippen LogP contribution is -2.52. The van der Waals surface area contributed by atoms with Crippen molar-refractivity contribution in [1.29, 1.82) is 0 Å². The Hall–Kier alpha value is -2.78. The molecule has 0 spiro atoms. The van der Waals surface area contributed by atoms with Crippen LogP contribution in [0, 0.1) is 6.92 Å². The molecule has 2 aromatic carbocycles. The lowest BCUT2D eigenvalue weighted by atomic mass is 10.1. The van der Waals surface area contributed by atoms with Crippen molar-refractivity contribution >= 4 is 39.1 Å². The lowest BCUT2D eigenvalue weighted by molar-refractivity contribution is -0.139. The quantitative estimate of drug-likeness (QED) is 0.498. The predicted octanol–water partition coefficient (Wildman–Crippen LogP) is 3.90. The maximum atomic E-state index is 13.7. The Morgan fingerprint density at radius 3 is 2.47 bits per heavy atom. The van der Waals surface area contributed by atoms with E-state index >= 15 is 0 Å². The van der Waals surface area contributed by atoms with Crippen LogP contribution >= 0.6 is 11.6 Å². The van der Waals surface area contributed by atoms with E-state index in [9.17, 15) is 18.0 Å². The number of hydrogen-bond donors (Lipinski definition) is 1. The third-order valence-corrected chi connectivity index (χ3v) is 7.75. The van der Waals surface area contributed by atoms with Crippen LogP contribution in [0.1, 0.15) is 43.7 Å². The number of sulfonamides is 1. The third-order valence-electron chi connectivity index (χ3n) is 6.39. The summed E-state index contributed by atoms with van der Waals surface area (Å²) < 4.78 is 31.9. The number of amides is 2. The molecule has 0 heterocycles. The van der Waals surface area contributed by atoms with Gasteiger partial charge in [0.25, 0.3) is 0 Å². The summed E-state index contributed by atoms with van der Waals surface area (Å²) in [5.74, 6) is -0.512. The van der Waals surface area contributed by atoms with E-state index in [0.717, 1.165) is 47.4 Å². The smallest absolute Gasteiger partial charge is 0.244 e. The Bertz CT molecular complexity index is 1200. The molecule has 1 aliphatic carbocycles. The molecular formula is C26H34ClN3O5S. The van der Waals surface area contributed by atoms with Gasteiger partial charge in [-0.2, -0.15) is 0 Å². The van der Waals surface area contributed by atoms with Gasteiger partial charge in [0, 0.05) is 17.6 Å². The molecule has 2 amide bonds. The maximum Gasteiger partial charge on any atom is 0.244 e. The molecule has 2 aromatic rings. The van der Waals surface area contributed by atoms with E-state index in [1.807, 2.05) is 31.2 Å². The molecule has 36 heavy (non-hydrogen) atoms. The van der Waals surface area contributed by atoms with Gasteiger partial charge in [0.1, 0.15) is 18.3 Å². The minimum absolute atomic E-state index is 0.0964. The van der Waals surface area contributed by atoms with E-state index in [2.05, 4.69) is 5.32 Å². The van der Waals surface area contributed by atoms with E-state index in [-0.39, 0.29) is 29.9 Å². The first-order valence-corrected chi connectivity index (χ1v) is 14.2. The number of aryl methyl sites for hydroxylation is 1. The Kier molecular flexibility index (Phi) is 9.24. The normalized spacial score (nSPS) is 14.8. The van der Waals surface area contributed by atoms with Crippen molar-refractivity contribution in [3.63, 3.8) is 0 Å². The van der Waals surface area contributed by atoms with Crippen molar-refractivity contribution in [1.82, 2.24) is 10.2 Å². The molecule has 0 radical (unpaired) electrons. The van der Waals surface area contributed by atoms with Gasteiger partial charge in [0.15, 0.2) is 0 Å². The summed E-state index contributed by atoms with van der Waals surface area (Å²) in [7, 11) is -2.48. The van der Waals surface area contributed by atoms with E-state index in [0.29, 0.717) is 5.02 Å². The maximum absolute atomic E-state index is 13.7. The van der Waals surface area contributed by atoms with Crippen molar-refractivity contribution in [3.8, 4) is 5.75 Å². The number of nitrogens with one attached hydrogen (secondary N) is 1. The summed E-state index contributed by atoms with van der Waals surface area (Å²) in [4.78, 5) is 28.2. The van der Waals surface area contributed by atoms with Gasteiger partial charge in [-0.3, -0.25) is 13.9 Å². The molecule has 0 saturated heterocycles. The molecule has 3 rings (SSSR count). The molecular weight excluding hydrogens is 502 g/mol. The van der Waals surface area contributed by atoms with Crippen LogP contribution in [0.4, 0.5) is 5.69 Å². The van der Waals surface area contributed by atoms with Gasteiger partial charge in [0.2, 0.25) is 21.8 Å². The van der Waals surface area contributed by atoms with Crippen molar-refractivity contribution in [2.24, 2.45) is 0 Å². The first-order valence-electron chi connectivity index (χ1n) is 12.0. The Morgan fingerprint density at radius 1 is 1.17 bits per heavy atom. The minimum atomic E-state index is -3.89. The molecule has 0 aliphatic heterocycles. The topological polar surface area (TPSA) is 96.0 Å². The average Bonchev–Trinajstić information content (AvgIpc) is 3.32. The number of hydrogen-bond acceptors (Lipinski definition) is 5. The number of anilines is 1. The van der Waals surface area contributed by atoms with Crippen molar-refractivity contribution in [2.45, 2.75) is 58.2 Å². The molecule has 196 valence electrons. The summed E-state index contributed by atoms with van der Waals surface area (Å²) in [5, 5.41) is 3.35. The Balaban J connectivity index is 1.93. The summed E-state index contributed by atoms with van der Waals surface area (Å²) >= 11 is 6.14. The van der Waals surface area contributed by atoms with Crippen LogP contribution in [0.15, 0.2) is 42.5 Å². The van der Waals surface area contributed by atoms with Crippen LogP contribution in [-0.2, 0) is 26.2 Å². The van der Waals surface area contributed by atoms with E-state index < -0.39 is 28.5 Å². The van der Waals surface area contributed by atoms with Crippen molar-refractivity contribution in [3.05, 3.63) is 58.6 Å². The van der Waals surface area contributed by atoms with Crippen molar-refractivity contribution in [2.75, 3.05) is 24.2 Å². The fourth-order valence-electron chi connectivity index (χ4n) is 4.43. The Morgan fingerprint density at radius 2 is 1.86 bits per heavy atom. The fraction of sp³-hybridized carbons (Fsp3) is 0.462. The van der Waals surface area contributed by atoms with Crippen molar-refractivity contribution < 1.29 is 22.7 Å². The lowest BCUT2D eigenvalue weighted by Gasteiger charge is -2.32. The first-order chi connectivity index (χ1) is 17.0. The number of methoxy groups -OCH3 is 1.